The van der Waals surface area contributed by atoms with Gasteiger partial charge in [-0.15, -0.1) is 0 Å². The highest BCUT2D eigenvalue weighted by Crippen LogP contribution is 2.52. The van der Waals surface area contributed by atoms with Gasteiger partial charge in [0.2, 0.25) is 0 Å². The molecule has 0 aromatic heterocycles. The molecule has 1 aliphatic heterocycles. The van der Waals surface area contributed by atoms with Crippen molar-refractivity contribution in [3.63, 3.8) is 0 Å². The molecule has 2 aliphatic rings. The molecule has 0 radical (unpaired) electrons. The Morgan fingerprint density at radius 3 is 2.70 bits per heavy atom. The van der Waals surface area contributed by atoms with Crippen molar-refractivity contribution >= 4 is 0 Å². The van der Waals surface area contributed by atoms with Gasteiger partial charge in [-0.25, -0.2) is 0 Å². The molecule has 0 amide bonds. The molecule has 23 heavy (non-hydrogen) atoms. The Labute approximate surface area is 141 Å². The van der Waals surface area contributed by atoms with Gasteiger partial charge >= 0.3 is 0 Å². The van der Waals surface area contributed by atoms with E-state index in [9.17, 15) is 5.11 Å². The molecule has 0 saturated heterocycles. The molecule has 1 aromatic carbocycles. The Morgan fingerprint density at radius 1 is 1.26 bits per heavy atom. The number of rotatable bonds is 3. The maximum Gasteiger partial charge on any atom is 0.123 e. The van der Waals surface area contributed by atoms with Crippen molar-refractivity contribution < 1.29 is 9.84 Å². The van der Waals surface area contributed by atoms with E-state index in [0.717, 1.165) is 25.0 Å². The third-order valence-electron chi connectivity index (χ3n) is 6.16. The molecule has 128 valence electrons. The molecule has 2 nitrogen and oxygen atoms in total. The van der Waals surface area contributed by atoms with Crippen LogP contribution in [0.15, 0.2) is 18.2 Å². The van der Waals surface area contributed by atoms with Crippen LogP contribution in [0.5, 0.6) is 5.75 Å². The van der Waals surface area contributed by atoms with Gasteiger partial charge in [0, 0.05) is 5.92 Å². The second kappa shape index (κ2) is 5.81. The molecular formula is C21H32O2. The molecule has 1 fully saturated rings. The van der Waals surface area contributed by atoms with Crippen molar-refractivity contribution in [1.82, 2.24) is 0 Å². The van der Waals surface area contributed by atoms with Crippen molar-refractivity contribution in [3.05, 3.63) is 29.3 Å². The Bertz CT molecular complexity index is 573. The summed E-state index contributed by atoms with van der Waals surface area (Å²) in [6.07, 6.45) is 5.05. The van der Waals surface area contributed by atoms with Crippen LogP contribution >= 0.6 is 0 Å². The first-order chi connectivity index (χ1) is 10.7. The van der Waals surface area contributed by atoms with Gasteiger partial charge in [0.25, 0.3) is 0 Å². The number of benzene rings is 1. The first-order valence-electron chi connectivity index (χ1n) is 9.26. The fraction of sp³-hybridized carbons (Fsp3) is 0.714. The van der Waals surface area contributed by atoms with E-state index in [4.69, 9.17) is 4.74 Å². The summed E-state index contributed by atoms with van der Waals surface area (Å²) in [7, 11) is 0. The van der Waals surface area contributed by atoms with Crippen LogP contribution < -0.4 is 4.74 Å². The summed E-state index contributed by atoms with van der Waals surface area (Å²) in [5, 5.41) is 10.2. The predicted octanol–water partition coefficient (Wildman–Crippen LogP) is 5.18. The highest BCUT2D eigenvalue weighted by Gasteiger charge is 2.46. The van der Waals surface area contributed by atoms with Crippen molar-refractivity contribution in [2.24, 2.45) is 5.92 Å². The van der Waals surface area contributed by atoms with Gasteiger partial charge < -0.3 is 9.84 Å². The van der Waals surface area contributed by atoms with Crippen molar-refractivity contribution in [2.75, 3.05) is 0 Å². The summed E-state index contributed by atoms with van der Waals surface area (Å²) < 4.78 is 6.46. The quantitative estimate of drug-likeness (QED) is 0.832. The molecule has 0 spiro atoms. The number of ether oxygens (including phenoxy) is 1. The normalized spacial score (nSPS) is 29.4. The van der Waals surface area contributed by atoms with Crippen LogP contribution in [-0.2, 0) is 5.41 Å². The third kappa shape index (κ3) is 3.03. The van der Waals surface area contributed by atoms with Gasteiger partial charge in [0.05, 0.1) is 6.10 Å². The van der Waals surface area contributed by atoms with E-state index in [0.29, 0.717) is 11.8 Å². The van der Waals surface area contributed by atoms with E-state index in [1.165, 1.54) is 24.0 Å². The molecule has 1 N–H and O–H groups in total. The lowest BCUT2D eigenvalue weighted by Crippen LogP contribution is -2.47. The molecule has 1 heterocycles. The number of fused-ring (bicyclic) bond motifs is 3. The van der Waals surface area contributed by atoms with Crippen LogP contribution in [0.25, 0.3) is 0 Å². The Hall–Kier alpha value is -1.02. The van der Waals surface area contributed by atoms with Crippen molar-refractivity contribution in [1.29, 1.82) is 0 Å². The number of aliphatic hydroxyl groups excluding tert-OH is 1. The minimum atomic E-state index is -0.158. The SMILES string of the molecule is CCCC(C)(C)c1ccc2c(c1)OC(C)(C)[C@@H]1CC[C@@H](O)C[C@@H]21. The largest absolute Gasteiger partial charge is 0.487 e. The molecule has 1 aromatic rings. The van der Waals surface area contributed by atoms with Crippen molar-refractivity contribution in [2.45, 2.75) is 89.8 Å². The fourth-order valence-electron chi connectivity index (χ4n) is 4.80. The van der Waals surface area contributed by atoms with E-state index in [-0.39, 0.29) is 17.1 Å². The molecule has 2 heteroatoms. The number of hydrogen-bond donors (Lipinski definition) is 1. The fourth-order valence-corrected chi connectivity index (χ4v) is 4.80. The molecule has 3 rings (SSSR count). The second-order valence-electron chi connectivity index (χ2n) is 8.77. The second-order valence-corrected chi connectivity index (χ2v) is 8.77. The van der Waals surface area contributed by atoms with Gasteiger partial charge in [0.15, 0.2) is 0 Å². The molecule has 1 aliphatic carbocycles. The average molecular weight is 316 g/mol. The van der Waals surface area contributed by atoms with Crippen LogP contribution in [0.1, 0.15) is 83.8 Å². The maximum atomic E-state index is 10.2. The topological polar surface area (TPSA) is 29.5 Å². The smallest absolute Gasteiger partial charge is 0.123 e. The Morgan fingerprint density at radius 2 is 2.00 bits per heavy atom. The highest BCUT2D eigenvalue weighted by atomic mass is 16.5. The van der Waals surface area contributed by atoms with Crippen LogP contribution in [0.3, 0.4) is 0 Å². The van der Waals surface area contributed by atoms with Crippen LogP contribution in [-0.4, -0.2) is 16.8 Å². The molecular weight excluding hydrogens is 284 g/mol. The zero-order valence-corrected chi connectivity index (χ0v) is 15.4. The highest BCUT2D eigenvalue weighted by molar-refractivity contribution is 5.45. The molecule has 3 atom stereocenters. The van der Waals surface area contributed by atoms with Crippen molar-refractivity contribution in [3.8, 4) is 5.75 Å². The lowest BCUT2D eigenvalue weighted by atomic mass is 9.65. The lowest BCUT2D eigenvalue weighted by molar-refractivity contribution is -0.0310. The molecule has 0 bridgehead atoms. The molecule has 1 saturated carbocycles. The predicted molar refractivity (Wildman–Crippen MR) is 95.2 cm³/mol. The lowest BCUT2D eigenvalue weighted by Gasteiger charge is -2.48. The van der Waals surface area contributed by atoms with E-state index in [2.05, 4.69) is 52.8 Å². The minimum absolute atomic E-state index is 0.147. The van der Waals surface area contributed by atoms with Gasteiger partial charge in [-0.1, -0.05) is 39.3 Å². The zero-order valence-electron chi connectivity index (χ0n) is 15.4. The van der Waals surface area contributed by atoms with E-state index < -0.39 is 0 Å². The van der Waals surface area contributed by atoms with Gasteiger partial charge in [-0.3, -0.25) is 0 Å². The van der Waals surface area contributed by atoms with E-state index >= 15 is 0 Å². The van der Waals surface area contributed by atoms with Crippen LogP contribution in [0.4, 0.5) is 0 Å². The zero-order chi connectivity index (χ0) is 16.8. The summed E-state index contributed by atoms with van der Waals surface area (Å²) in [4.78, 5) is 0. The summed E-state index contributed by atoms with van der Waals surface area (Å²) in [5.41, 5.74) is 2.71. The number of aliphatic hydroxyl groups is 1. The van der Waals surface area contributed by atoms with Crippen LogP contribution in [0.2, 0.25) is 0 Å². The summed E-state index contributed by atoms with van der Waals surface area (Å²) in [6, 6.07) is 6.82. The maximum absolute atomic E-state index is 10.2. The standard InChI is InChI=1S/C21H32O2/c1-6-11-20(2,3)14-7-9-16-17-13-15(22)8-10-18(17)21(4,5)23-19(16)12-14/h7,9,12,15,17-18,22H,6,8,10-11,13H2,1-5H3/t15-,17+,18-/m1/s1. The van der Waals surface area contributed by atoms with Crippen LogP contribution in [0, 0.1) is 5.92 Å². The average Bonchev–Trinajstić information content (AvgIpc) is 2.45. The third-order valence-corrected chi connectivity index (χ3v) is 6.16. The van der Waals surface area contributed by atoms with Gasteiger partial charge in [-0.2, -0.15) is 0 Å². The first-order valence-corrected chi connectivity index (χ1v) is 9.26. The number of hydrogen-bond acceptors (Lipinski definition) is 2. The van der Waals surface area contributed by atoms with E-state index in [1.54, 1.807) is 0 Å². The summed E-state index contributed by atoms with van der Waals surface area (Å²) in [6.45, 7) is 11.3. The summed E-state index contributed by atoms with van der Waals surface area (Å²) >= 11 is 0. The van der Waals surface area contributed by atoms with Gasteiger partial charge in [-0.05, 0) is 68.1 Å². The summed E-state index contributed by atoms with van der Waals surface area (Å²) in [5.74, 6) is 1.99. The Balaban J connectivity index is 2.00. The molecule has 0 unspecified atom stereocenters. The van der Waals surface area contributed by atoms with Gasteiger partial charge in [0.1, 0.15) is 11.4 Å². The Kier molecular flexibility index (Phi) is 4.25. The van der Waals surface area contributed by atoms with E-state index in [1.807, 2.05) is 0 Å². The minimum Gasteiger partial charge on any atom is -0.487 e. The first kappa shape index (κ1) is 16.8. The monoisotopic (exact) mass is 316 g/mol.